The van der Waals surface area contributed by atoms with E-state index in [9.17, 15) is 0 Å². The van der Waals surface area contributed by atoms with Gasteiger partial charge in [-0.1, -0.05) is 6.92 Å². The highest BCUT2D eigenvalue weighted by molar-refractivity contribution is 8.04. The molecule has 2 rings (SSSR count). The van der Waals surface area contributed by atoms with Gasteiger partial charge in [-0.3, -0.25) is 0 Å². The summed E-state index contributed by atoms with van der Waals surface area (Å²) in [6.45, 7) is 4.36. The van der Waals surface area contributed by atoms with Crippen LogP contribution >= 0.6 is 23.5 Å². The van der Waals surface area contributed by atoms with Gasteiger partial charge in [0.1, 0.15) is 5.76 Å². The first-order valence-electron chi connectivity index (χ1n) is 4.59. The first-order valence-corrected chi connectivity index (χ1v) is 6.52. The molecule has 1 nitrogen and oxygen atoms in total. The van der Waals surface area contributed by atoms with E-state index in [2.05, 4.69) is 24.8 Å². The third-order valence-electron chi connectivity index (χ3n) is 2.40. The molecule has 0 bridgehead atoms. The first kappa shape index (κ1) is 9.53. The largest absolute Gasteiger partial charge is 0.468 e. The van der Waals surface area contributed by atoms with Crippen molar-refractivity contribution in [2.75, 3.05) is 5.75 Å². The number of hydrogen-bond acceptors (Lipinski definition) is 3. The molecule has 1 aliphatic heterocycles. The lowest BCUT2D eigenvalue weighted by Crippen LogP contribution is -2.08. The summed E-state index contributed by atoms with van der Waals surface area (Å²) in [5.74, 6) is 2.38. The molecule has 0 aliphatic carbocycles. The van der Waals surface area contributed by atoms with Crippen LogP contribution in [0.5, 0.6) is 0 Å². The molecule has 0 amide bonds. The van der Waals surface area contributed by atoms with Crippen LogP contribution in [0.4, 0.5) is 0 Å². The fraction of sp³-hybridized carbons (Fsp3) is 0.600. The molecule has 1 fully saturated rings. The zero-order valence-electron chi connectivity index (χ0n) is 7.95. The van der Waals surface area contributed by atoms with E-state index in [4.69, 9.17) is 4.42 Å². The second-order valence-electron chi connectivity index (χ2n) is 3.36. The van der Waals surface area contributed by atoms with Crippen molar-refractivity contribution in [3.05, 3.63) is 18.1 Å². The predicted octanol–water partition coefficient (Wildman–Crippen LogP) is 3.57. The Morgan fingerprint density at radius 3 is 3.00 bits per heavy atom. The third-order valence-corrected chi connectivity index (χ3v) is 5.52. The van der Waals surface area contributed by atoms with Crippen molar-refractivity contribution >= 4 is 23.5 Å². The second kappa shape index (κ2) is 4.01. The van der Waals surface area contributed by atoms with Gasteiger partial charge in [0.25, 0.3) is 0 Å². The van der Waals surface area contributed by atoms with Crippen molar-refractivity contribution in [2.24, 2.45) is 0 Å². The zero-order valence-corrected chi connectivity index (χ0v) is 9.58. The molecule has 1 aromatic rings. The van der Waals surface area contributed by atoms with Gasteiger partial charge in [0.15, 0.2) is 0 Å². The van der Waals surface area contributed by atoms with Crippen LogP contribution in [0, 0.1) is 6.92 Å². The highest BCUT2D eigenvalue weighted by Crippen LogP contribution is 2.39. The lowest BCUT2D eigenvalue weighted by molar-refractivity contribution is 0.526. The van der Waals surface area contributed by atoms with Crippen LogP contribution in [-0.2, 0) is 0 Å². The molecule has 0 spiro atoms. The summed E-state index contributed by atoms with van der Waals surface area (Å²) in [4.78, 5) is 1.32. The van der Waals surface area contributed by atoms with Crippen LogP contribution in [-0.4, -0.2) is 16.3 Å². The van der Waals surface area contributed by atoms with Gasteiger partial charge in [-0.2, -0.15) is 11.8 Å². The Hall–Kier alpha value is -0.0200. The van der Waals surface area contributed by atoms with Crippen molar-refractivity contribution in [3.8, 4) is 0 Å². The number of furan rings is 1. The van der Waals surface area contributed by atoms with Gasteiger partial charge in [-0.15, -0.1) is 11.8 Å². The summed E-state index contributed by atoms with van der Waals surface area (Å²) in [5.41, 5.74) is 0. The molecular formula is C10H14OS2. The van der Waals surface area contributed by atoms with E-state index in [1.54, 1.807) is 6.26 Å². The molecule has 0 N–H and O–H groups in total. The maximum absolute atomic E-state index is 5.28. The SMILES string of the molecule is Cc1occc1S[C@H]1CCS[C@H]1C. The molecule has 0 aromatic carbocycles. The van der Waals surface area contributed by atoms with Crippen molar-refractivity contribution in [3.63, 3.8) is 0 Å². The summed E-state index contributed by atoms with van der Waals surface area (Å²) in [7, 11) is 0. The number of thioether (sulfide) groups is 2. The molecule has 72 valence electrons. The van der Waals surface area contributed by atoms with Crippen LogP contribution in [0.2, 0.25) is 0 Å². The normalized spacial score (nSPS) is 28.2. The maximum Gasteiger partial charge on any atom is 0.114 e. The lowest BCUT2D eigenvalue weighted by atomic mass is 10.3. The van der Waals surface area contributed by atoms with Crippen molar-refractivity contribution < 1.29 is 4.42 Å². The predicted molar refractivity (Wildman–Crippen MR) is 59.6 cm³/mol. The zero-order chi connectivity index (χ0) is 9.26. The highest BCUT2D eigenvalue weighted by atomic mass is 32.2. The molecule has 2 heterocycles. The average molecular weight is 214 g/mol. The van der Waals surface area contributed by atoms with Gasteiger partial charge in [-0.05, 0) is 25.2 Å². The number of aryl methyl sites for hydroxylation is 1. The second-order valence-corrected chi connectivity index (χ2v) is 6.13. The molecule has 3 heteroatoms. The monoisotopic (exact) mass is 214 g/mol. The minimum atomic E-state index is 0.779. The Morgan fingerprint density at radius 2 is 2.46 bits per heavy atom. The standard InChI is InChI=1S/C10H14OS2/c1-7-9(3-5-11-7)13-10-4-6-12-8(10)2/h3,5,8,10H,4,6H2,1-2H3/t8-,10-/m0/s1. The summed E-state index contributed by atoms with van der Waals surface area (Å²) in [6.07, 6.45) is 3.12. The van der Waals surface area contributed by atoms with E-state index in [0.717, 1.165) is 16.3 Å². The van der Waals surface area contributed by atoms with Gasteiger partial charge in [-0.25, -0.2) is 0 Å². The summed E-state index contributed by atoms with van der Waals surface area (Å²) in [6, 6.07) is 2.08. The maximum atomic E-state index is 5.28. The van der Waals surface area contributed by atoms with Gasteiger partial charge < -0.3 is 4.42 Å². The molecule has 1 aromatic heterocycles. The smallest absolute Gasteiger partial charge is 0.114 e. The number of rotatable bonds is 2. The minimum absolute atomic E-state index is 0.779. The van der Waals surface area contributed by atoms with Gasteiger partial charge in [0.2, 0.25) is 0 Å². The Labute approximate surface area is 87.7 Å². The van der Waals surface area contributed by atoms with Gasteiger partial charge >= 0.3 is 0 Å². The molecule has 13 heavy (non-hydrogen) atoms. The van der Waals surface area contributed by atoms with Crippen LogP contribution in [0.25, 0.3) is 0 Å². The van der Waals surface area contributed by atoms with E-state index < -0.39 is 0 Å². The average Bonchev–Trinajstić information content (AvgIpc) is 2.65. The topological polar surface area (TPSA) is 13.1 Å². The minimum Gasteiger partial charge on any atom is -0.468 e. The molecule has 0 saturated carbocycles. The van der Waals surface area contributed by atoms with E-state index in [0.29, 0.717) is 0 Å². The third kappa shape index (κ3) is 2.08. The lowest BCUT2D eigenvalue weighted by Gasteiger charge is -2.12. The Bertz CT molecular complexity index is 282. The van der Waals surface area contributed by atoms with Crippen molar-refractivity contribution in [1.29, 1.82) is 0 Å². The fourth-order valence-corrected chi connectivity index (χ4v) is 4.29. The van der Waals surface area contributed by atoms with Crippen molar-refractivity contribution in [1.82, 2.24) is 0 Å². The molecule has 1 aliphatic rings. The van der Waals surface area contributed by atoms with E-state index in [-0.39, 0.29) is 0 Å². The van der Waals surface area contributed by atoms with Crippen LogP contribution in [0.3, 0.4) is 0 Å². The van der Waals surface area contributed by atoms with Crippen LogP contribution in [0.1, 0.15) is 19.1 Å². The Balaban J connectivity index is 2.01. The van der Waals surface area contributed by atoms with E-state index in [1.807, 2.05) is 18.7 Å². The number of hydrogen-bond donors (Lipinski definition) is 0. The van der Waals surface area contributed by atoms with Crippen molar-refractivity contribution in [2.45, 2.75) is 35.7 Å². The molecule has 1 saturated heterocycles. The molecular weight excluding hydrogens is 200 g/mol. The first-order chi connectivity index (χ1) is 6.27. The van der Waals surface area contributed by atoms with Crippen LogP contribution < -0.4 is 0 Å². The quantitative estimate of drug-likeness (QED) is 0.747. The summed E-state index contributed by atoms with van der Waals surface area (Å²) in [5, 5.41) is 1.57. The molecule has 2 atom stereocenters. The van der Waals surface area contributed by atoms with Gasteiger partial charge in [0.05, 0.1) is 6.26 Å². The Morgan fingerprint density at radius 1 is 1.62 bits per heavy atom. The summed E-state index contributed by atoms with van der Waals surface area (Å²) < 4.78 is 5.28. The highest BCUT2D eigenvalue weighted by Gasteiger charge is 2.25. The van der Waals surface area contributed by atoms with E-state index >= 15 is 0 Å². The summed E-state index contributed by atoms with van der Waals surface area (Å²) >= 11 is 4.06. The Kier molecular flexibility index (Phi) is 2.94. The van der Waals surface area contributed by atoms with Gasteiger partial charge in [0, 0.05) is 15.4 Å². The fourth-order valence-electron chi connectivity index (χ4n) is 1.53. The van der Waals surface area contributed by atoms with E-state index in [1.165, 1.54) is 17.1 Å². The molecule has 0 radical (unpaired) electrons. The molecule has 0 unspecified atom stereocenters. The van der Waals surface area contributed by atoms with Crippen LogP contribution in [0.15, 0.2) is 21.6 Å².